The number of nitrogens with zero attached hydrogens (tertiary/aromatic N) is 3. The van der Waals surface area contributed by atoms with Gasteiger partial charge < -0.3 is 20.1 Å². The van der Waals surface area contributed by atoms with Crippen molar-refractivity contribution in [3.05, 3.63) is 47.3 Å². The fourth-order valence-corrected chi connectivity index (χ4v) is 3.35. The van der Waals surface area contributed by atoms with Crippen molar-refractivity contribution >= 4 is 11.6 Å². The largest absolute Gasteiger partial charge is 0.369 e. The van der Waals surface area contributed by atoms with Gasteiger partial charge in [0.1, 0.15) is 6.54 Å². The number of aromatic nitrogens is 1. The van der Waals surface area contributed by atoms with Gasteiger partial charge in [0.25, 0.3) is 0 Å². The van der Waals surface area contributed by atoms with Gasteiger partial charge in [-0.3, -0.25) is 0 Å². The van der Waals surface area contributed by atoms with Gasteiger partial charge in [0.05, 0.1) is 5.69 Å². The molecule has 1 aliphatic heterocycles. The Morgan fingerprint density at radius 1 is 1.30 bits per heavy atom. The van der Waals surface area contributed by atoms with E-state index in [2.05, 4.69) is 70.7 Å². The van der Waals surface area contributed by atoms with E-state index in [1.807, 2.05) is 6.07 Å². The predicted molar refractivity (Wildman–Crippen MR) is 110 cm³/mol. The van der Waals surface area contributed by atoms with Crippen LogP contribution < -0.4 is 15.5 Å². The number of hydrogen-bond acceptors (Lipinski definition) is 4. The number of piperidine rings is 1. The van der Waals surface area contributed by atoms with Crippen LogP contribution in [0.1, 0.15) is 43.7 Å². The molecule has 3 rings (SSSR count). The minimum atomic E-state index is 0.374. The van der Waals surface area contributed by atoms with Gasteiger partial charge in [-0.25, -0.2) is 4.99 Å². The van der Waals surface area contributed by atoms with Crippen molar-refractivity contribution < 1.29 is 4.52 Å². The first kappa shape index (κ1) is 19.3. The third kappa shape index (κ3) is 5.49. The van der Waals surface area contributed by atoms with Gasteiger partial charge in [-0.15, -0.1) is 0 Å². The summed E-state index contributed by atoms with van der Waals surface area (Å²) in [5.74, 6) is 1.64. The molecule has 0 saturated carbocycles. The summed E-state index contributed by atoms with van der Waals surface area (Å²) in [6.45, 7) is 9.69. The number of anilines is 1. The third-order valence-electron chi connectivity index (χ3n) is 4.87. The summed E-state index contributed by atoms with van der Waals surface area (Å²) < 4.78 is 5.34. The molecule has 2 N–H and O–H groups in total. The van der Waals surface area contributed by atoms with Gasteiger partial charge in [0.2, 0.25) is 0 Å². The Kier molecular flexibility index (Phi) is 6.74. The smallest absolute Gasteiger partial charge is 0.191 e. The zero-order valence-corrected chi connectivity index (χ0v) is 16.7. The fraction of sp³-hybridized carbons (Fsp3) is 0.524. The summed E-state index contributed by atoms with van der Waals surface area (Å²) in [4.78, 5) is 7.13. The van der Waals surface area contributed by atoms with E-state index >= 15 is 0 Å². The van der Waals surface area contributed by atoms with Crippen LogP contribution in [0.25, 0.3) is 0 Å². The zero-order chi connectivity index (χ0) is 19.1. The van der Waals surface area contributed by atoms with E-state index < -0.39 is 0 Å². The minimum Gasteiger partial charge on any atom is -0.369 e. The fourth-order valence-electron chi connectivity index (χ4n) is 3.35. The molecular weight excluding hydrogens is 338 g/mol. The topological polar surface area (TPSA) is 65.7 Å². The molecular formula is C21H31N5O. The highest BCUT2D eigenvalue weighted by Crippen LogP contribution is 2.20. The van der Waals surface area contributed by atoms with Crippen LogP contribution in [0.4, 0.5) is 5.69 Å². The summed E-state index contributed by atoms with van der Waals surface area (Å²) in [6, 6.07) is 11.1. The second kappa shape index (κ2) is 9.44. The van der Waals surface area contributed by atoms with Crippen molar-refractivity contribution in [2.75, 3.05) is 24.5 Å². The Morgan fingerprint density at radius 3 is 2.81 bits per heavy atom. The number of aliphatic imine (C=N–C) groups is 1. The van der Waals surface area contributed by atoms with Crippen LogP contribution in [0.5, 0.6) is 0 Å². The molecule has 0 bridgehead atoms. The number of benzene rings is 1. The molecule has 2 aromatic rings. The highest BCUT2D eigenvalue weighted by atomic mass is 16.5. The number of aryl methyl sites for hydroxylation is 2. The molecule has 1 saturated heterocycles. The Morgan fingerprint density at radius 2 is 2.11 bits per heavy atom. The van der Waals surface area contributed by atoms with Gasteiger partial charge in [0, 0.05) is 37.4 Å². The highest BCUT2D eigenvalue weighted by molar-refractivity contribution is 5.80. The van der Waals surface area contributed by atoms with Crippen molar-refractivity contribution in [3.63, 3.8) is 0 Å². The molecule has 1 fully saturated rings. The summed E-state index contributed by atoms with van der Waals surface area (Å²) in [5, 5.41) is 11.0. The van der Waals surface area contributed by atoms with Crippen LogP contribution in [0.2, 0.25) is 0 Å². The monoisotopic (exact) mass is 369 g/mol. The predicted octanol–water partition coefficient (Wildman–Crippen LogP) is 3.27. The quantitative estimate of drug-likeness (QED) is 0.604. The molecule has 27 heavy (non-hydrogen) atoms. The number of hydrogen-bond donors (Lipinski definition) is 2. The van der Waals surface area contributed by atoms with E-state index in [-0.39, 0.29) is 0 Å². The first-order valence-electron chi connectivity index (χ1n) is 9.98. The van der Waals surface area contributed by atoms with Crippen LogP contribution in [-0.4, -0.2) is 36.8 Å². The summed E-state index contributed by atoms with van der Waals surface area (Å²) >= 11 is 0. The highest BCUT2D eigenvalue weighted by Gasteiger charge is 2.21. The molecule has 0 aliphatic carbocycles. The molecule has 0 radical (unpaired) electrons. The van der Waals surface area contributed by atoms with Crippen molar-refractivity contribution in [1.29, 1.82) is 0 Å². The Labute approximate surface area is 162 Å². The van der Waals surface area contributed by atoms with Gasteiger partial charge in [-0.1, -0.05) is 29.8 Å². The van der Waals surface area contributed by atoms with E-state index in [1.54, 1.807) is 0 Å². The van der Waals surface area contributed by atoms with Crippen LogP contribution >= 0.6 is 0 Å². The maximum absolute atomic E-state index is 5.34. The average molecular weight is 370 g/mol. The SMILES string of the molecule is CCNC(=NCc1cc(CC)no1)NC1CCCN(c2ccc(C)cc2)C1. The first-order valence-corrected chi connectivity index (χ1v) is 9.98. The van der Waals surface area contributed by atoms with E-state index in [0.717, 1.165) is 49.9 Å². The van der Waals surface area contributed by atoms with Gasteiger partial charge in [0.15, 0.2) is 11.7 Å². The summed E-state index contributed by atoms with van der Waals surface area (Å²) in [7, 11) is 0. The lowest BCUT2D eigenvalue weighted by Crippen LogP contribution is -2.51. The van der Waals surface area contributed by atoms with E-state index in [0.29, 0.717) is 12.6 Å². The lowest BCUT2D eigenvalue weighted by molar-refractivity contribution is 0.379. The van der Waals surface area contributed by atoms with Crippen molar-refractivity contribution in [2.24, 2.45) is 4.99 Å². The van der Waals surface area contributed by atoms with Crippen molar-refractivity contribution in [1.82, 2.24) is 15.8 Å². The van der Waals surface area contributed by atoms with Crippen LogP contribution in [0.3, 0.4) is 0 Å². The van der Waals surface area contributed by atoms with E-state index in [1.165, 1.54) is 17.7 Å². The minimum absolute atomic E-state index is 0.374. The lowest BCUT2D eigenvalue weighted by atomic mass is 10.0. The van der Waals surface area contributed by atoms with Crippen LogP contribution in [0, 0.1) is 6.92 Å². The molecule has 1 atom stereocenters. The Bertz CT molecular complexity index is 737. The normalized spacial score (nSPS) is 17.8. The second-order valence-corrected chi connectivity index (χ2v) is 7.10. The maximum Gasteiger partial charge on any atom is 0.191 e. The Hall–Kier alpha value is -2.50. The van der Waals surface area contributed by atoms with Gasteiger partial charge in [-0.05, 0) is 45.2 Å². The van der Waals surface area contributed by atoms with Crippen molar-refractivity contribution in [3.8, 4) is 0 Å². The van der Waals surface area contributed by atoms with Crippen molar-refractivity contribution in [2.45, 2.75) is 52.6 Å². The molecule has 6 heteroatoms. The third-order valence-corrected chi connectivity index (χ3v) is 4.87. The molecule has 1 aromatic heterocycles. The average Bonchev–Trinajstić information content (AvgIpc) is 3.15. The Balaban J connectivity index is 1.61. The summed E-state index contributed by atoms with van der Waals surface area (Å²) in [5.41, 5.74) is 3.56. The molecule has 146 valence electrons. The summed E-state index contributed by atoms with van der Waals surface area (Å²) in [6.07, 6.45) is 3.20. The van der Waals surface area contributed by atoms with E-state index in [9.17, 15) is 0 Å². The first-order chi connectivity index (χ1) is 13.2. The number of rotatable bonds is 6. The maximum atomic E-state index is 5.34. The molecule has 2 heterocycles. The van der Waals surface area contributed by atoms with Gasteiger partial charge >= 0.3 is 0 Å². The lowest BCUT2D eigenvalue weighted by Gasteiger charge is -2.35. The zero-order valence-electron chi connectivity index (χ0n) is 16.7. The molecule has 0 amide bonds. The number of nitrogens with one attached hydrogen (secondary N) is 2. The van der Waals surface area contributed by atoms with E-state index in [4.69, 9.17) is 4.52 Å². The van der Waals surface area contributed by atoms with Crippen LogP contribution in [0.15, 0.2) is 39.8 Å². The second-order valence-electron chi connectivity index (χ2n) is 7.10. The molecule has 1 aliphatic rings. The molecule has 0 spiro atoms. The molecule has 6 nitrogen and oxygen atoms in total. The van der Waals surface area contributed by atoms with Crippen LogP contribution in [-0.2, 0) is 13.0 Å². The number of guanidine groups is 1. The standard InChI is InChI=1S/C21H31N5O/c1-4-17-13-20(27-25-17)14-23-21(22-5-2)24-18-7-6-12-26(15-18)19-10-8-16(3)9-11-19/h8-11,13,18H,4-7,12,14-15H2,1-3H3,(H2,22,23,24). The molecule has 1 unspecified atom stereocenters. The van der Waals surface area contributed by atoms with Gasteiger partial charge in [-0.2, -0.15) is 0 Å². The molecule has 1 aromatic carbocycles.